The fourth-order valence-electron chi connectivity index (χ4n) is 1.95. The van der Waals surface area contributed by atoms with Gasteiger partial charge in [-0.3, -0.25) is 4.79 Å². The van der Waals surface area contributed by atoms with Gasteiger partial charge in [-0.2, -0.15) is 0 Å². The number of thioether (sulfide) groups is 1. The van der Waals surface area contributed by atoms with E-state index in [0.717, 1.165) is 26.0 Å². The predicted molar refractivity (Wildman–Crippen MR) is 92.5 cm³/mol. The van der Waals surface area contributed by atoms with Gasteiger partial charge >= 0.3 is 0 Å². The van der Waals surface area contributed by atoms with E-state index < -0.39 is 0 Å². The summed E-state index contributed by atoms with van der Waals surface area (Å²) in [6.07, 6.45) is 5.11. The first-order chi connectivity index (χ1) is 10.6. The van der Waals surface area contributed by atoms with Gasteiger partial charge in [0.2, 0.25) is 5.91 Å². The fraction of sp³-hybridized carbons (Fsp3) is 0.125. The van der Waals surface area contributed by atoms with Gasteiger partial charge in [-0.1, -0.05) is 11.8 Å². The third-order valence-electron chi connectivity index (χ3n) is 2.97. The van der Waals surface area contributed by atoms with Gasteiger partial charge < -0.3 is 9.73 Å². The Bertz CT molecular complexity index is 849. The topological polar surface area (TPSA) is 55.1 Å². The van der Waals surface area contributed by atoms with Gasteiger partial charge in [0.05, 0.1) is 10.2 Å². The molecule has 0 bridgehead atoms. The van der Waals surface area contributed by atoms with Crippen molar-refractivity contribution in [2.24, 2.45) is 0 Å². The van der Waals surface area contributed by atoms with Crippen LogP contribution in [0.15, 0.2) is 45.2 Å². The predicted octanol–water partition coefficient (Wildman–Crippen LogP) is 4.57. The van der Waals surface area contributed by atoms with Gasteiger partial charge in [-0.05, 0) is 49.6 Å². The van der Waals surface area contributed by atoms with Crippen molar-refractivity contribution in [2.75, 3.05) is 11.6 Å². The molecule has 1 N–H and O–H groups in total. The fourth-order valence-corrected chi connectivity index (χ4v) is 3.48. The molecule has 0 saturated carbocycles. The maximum atomic E-state index is 11.9. The van der Waals surface area contributed by atoms with Crippen LogP contribution in [-0.4, -0.2) is 17.1 Å². The van der Waals surface area contributed by atoms with Crippen molar-refractivity contribution >= 4 is 51.0 Å². The smallest absolute Gasteiger partial charge is 0.248 e. The minimum atomic E-state index is -0.192. The van der Waals surface area contributed by atoms with Gasteiger partial charge in [-0.15, -0.1) is 11.3 Å². The highest BCUT2D eigenvalue weighted by Gasteiger charge is 2.05. The van der Waals surface area contributed by atoms with Crippen molar-refractivity contribution in [1.29, 1.82) is 0 Å². The Balaban J connectivity index is 1.71. The number of amides is 1. The second kappa shape index (κ2) is 6.37. The summed E-state index contributed by atoms with van der Waals surface area (Å²) in [6.45, 7) is 1.87. The van der Waals surface area contributed by atoms with E-state index in [1.165, 1.54) is 6.08 Å². The van der Waals surface area contributed by atoms with E-state index in [1.54, 1.807) is 29.2 Å². The van der Waals surface area contributed by atoms with Crippen LogP contribution < -0.4 is 5.32 Å². The number of thiazole rings is 1. The highest BCUT2D eigenvalue weighted by molar-refractivity contribution is 8.00. The summed E-state index contributed by atoms with van der Waals surface area (Å²) in [5, 5.41) is 2.84. The normalized spacial score (nSPS) is 11.4. The molecule has 0 aliphatic carbocycles. The van der Waals surface area contributed by atoms with Crippen LogP contribution in [-0.2, 0) is 4.79 Å². The molecule has 0 unspecified atom stereocenters. The Morgan fingerprint density at radius 2 is 2.23 bits per heavy atom. The maximum Gasteiger partial charge on any atom is 0.248 e. The minimum Gasteiger partial charge on any atom is -0.462 e. The van der Waals surface area contributed by atoms with E-state index in [4.69, 9.17) is 4.42 Å². The number of hydrogen-bond acceptors (Lipinski definition) is 5. The summed E-state index contributed by atoms with van der Waals surface area (Å²) >= 11 is 3.24. The quantitative estimate of drug-likeness (QED) is 0.562. The Labute approximate surface area is 136 Å². The molecule has 0 radical (unpaired) electrons. The number of aryl methyl sites for hydroxylation is 1. The molecule has 112 valence electrons. The van der Waals surface area contributed by atoms with Crippen LogP contribution in [0.25, 0.3) is 16.3 Å². The summed E-state index contributed by atoms with van der Waals surface area (Å²) in [6, 6.07) is 9.40. The van der Waals surface area contributed by atoms with E-state index in [1.807, 2.05) is 43.5 Å². The molecule has 3 aromatic rings. The molecule has 0 fully saturated rings. The number of rotatable bonds is 4. The second-order valence-electron chi connectivity index (χ2n) is 4.64. The molecule has 1 aromatic carbocycles. The third kappa shape index (κ3) is 3.40. The van der Waals surface area contributed by atoms with Gasteiger partial charge in [-0.25, -0.2) is 4.98 Å². The average molecular weight is 330 g/mol. The van der Waals surface area contributed by atoms with Crippen molar-refractivity contribution in [3.63, 3.8) is 0 Å². The second-order valence-corrected chi connectivity index (χ2v) is 6.72. The Kier molecular flexibility index (Phi) is 4.31. The van der Waals surface area contributed by atoms with Gasteiger partial charge in [0.1, 0.15) is 11.5 Å². The van der Waals surface area contributed by atoms with E-state index in [2.05, 4.69) is 10.3 Å². The molecule has 2 heterocycles. The lowest BCUT2D eigenvalue weighted by molar-refractivity contribution is -0.111. The number of nitrogens with zero attached hydrogens (tertiary/aromatic N) is 1. The zero-order valence-electron chi connectivity index (χ0n) is 12.1. The van der Waals surface area contributed by atoms with Crippen molar-refractivity contribution in [2.45, 2.75) is 11.3 Å². The Morgan fingerprint density at radius 1 is 1.36 bits per heavy atom. The molecular weight excluding hydrogens is 316 g/mol. The Hall–Kier alpha value is -2.05. The molecule has 0 saturated heterocycles. The zero-order valence-corrected chi connectivity index (χ0v) is 13.8. The third-order valence-corrected chi connectivity index (χ3v) is 4.97. The summed E-state index contributed by atoms with van der Waals surface area (Å²) in [7, 11) is 0. The van der Waals surface area contributed by atoms with Crippen LogP contribution >= 0.6 is 23.1 Å². The van der Waals surface area contributed by atoms with Crippen molar-refractivity contribution in [3.05, 3.63) is 47.9 Å². The van der Waals surface area contributed by atoms with Crippen LogP contribution in [0.2, 0.25) is 0 Å². The monoisotopic (exact) mass is 330 g/mol. The molecular formula is C16H14N2O2S2. The van der Waals surface area contributed by atoms with Crippen LogP contribution in [0, 0.1) is 6.92 Å². The molecule has 0 spiro atoms. The molecule has 22 heavy (non-hydrogen) atoms. The first kappa shape index (κ1) is 14.9. The minimum absolute atomic E-state index is 0.192. The summed E-state index contributed by atoms with van der Waals surface area (Å²) < 4.78 is 7.46. The van der Waals surface area contributed by atoms with Gasteiger partial charge in [0.25, 0.3) is 0 Å². The van der Waals surface area contributed by atoms with Crippen LogP contribution in [0.4, 0.5) is 5.69 Å². The Morgan fingerprint density at radius 3 is 2.95 bits per heavy atom. The lowest BCUT2D eigenvalue weighted by Gasteiger charge is -2.01. The van der Waals surface area contributed by atoms with E-state index in [0.29, 0.717) is 5.76 Å². The van der Waals surface area contributed by atoms with E-state index in [9.17, 15) is 4.79 Å². The number of furan rings is 1. The van der Waals surface area contributed by atoms with E-state index in [-0.39, 0.29) is 5.91 Å². The summed E-state index contributed by atoms with van der Waals surface area (Å²) in [5.41, 5.74) is 1.71. The summed E-state index contributed by atoms with van der Waals surface area (Å²) in [4.78, 5) is 16.4. The van der Waals surface area contributed by atoms with E-state index >= 15 is 0 Å². The number of anilines is 1. The standard InChI is InChI=1S/C16H14N2O2S2/c1-10-3-5-12(20-10)6-8-15(19)17-11-4-7-13-14(9-11)22-16(18-13)21-2/h3-9H,1-2H3,(H,17,19)/b8-6+. The number of benzene rings is 1. The number of carbonyl (C=O) groups is 1. The zero-order chi connectivity index (χ0) is 15.5. The maximum absolute atomic E-state index is 11.9. The highest BCUT2D eigenvalue weighted by Crippen LogP contribution is 2.29. The SMILES string of the molecule is CSc1nc2ccc(NC(=O)/C=C/c3ccc(C)o3)cc2s1. The number of nitrogens with one attached hydrogen (secondary N) is 1. The summed E-state index contributed by atoms with van der Waals surface area (Å²) in [5.74, 6) is 1.29. The highest BCUT2D eigenvalue weighted by atomic mass is 32.2. The molecule has 6 heteroatoms. The molecule has 1 amide bonds. The number of aromatic nitrogens is 1. The lowest BCUT2D eigenvalue weighted by Crippen LogP contribution is -2.07. The van der Waals surface area contributed by atoms with Crippen molar-refractivity contribution < 1.29 is 9.21 Å². The molecule has 3 rings (SSSR count). The molecule has 2 aromatic heterocycles. The molecule has 0 atom stereocenters. The number of carbonyl (C=O) groups excluding carboxylic acids is 1. The van der Waals surface area contributed by atoms with Crippen molar-refractivity contribution in [1.82, 2.24) is 4.98 Å². The first-order valence-electron chi connectivity index (χ1n) is 6.64. The van der Waals surface area contributed by atoms with Crippen LogP contribution in [0.3, 0.4) is 0 Å². The van der Waals surface area contributed by atoms with Crippen LogP contribution in [0.1, 0.15) is 11.5 Å². The van der Waals surface area contributed by atoms with Crippen molar-refractivity contribution in [3.8, 4) is 0 Å². The number of hydrogen-bond donors (Lipinski definition) is 1. The number of fused-ring (bicyclic) bond motifs is 1. The molecule has 0 aliphatic heterocycles. The molecule has 0 aliphatic rings. The average Bonchev–Trinajstić information content (AvgIpc) is 3.10. The van der Waals surface area contributed by atoms with Gasteiger partial charge in [0, 0.05) is 11.8 Å². The lowest BCUT2D eigenvalue weighted by atomic mass is 10.3. The largest absolute Gasteiger partial charge is 0.462 e. The van der Waals surface area contributed by atoms with Gasteiger partial charge in [0.15, 0.2) is 4.34 Å². The first-order valence-corrected chi connectivity index (χ1v) is 8.68. The molecule has 4 nitrogen and oxygen atoms in total. The van der Waals surface area contributed by atoms with Crippen LogP contribution in [0.5, 0.6) is 0 Å².